The number of nitrogens with one attached hydrogen (secondary N) is 1. The lowest BCUT2D eigenvalue weighted by atomic mass is 10.1. The summed E-state index contributed by atoms with van der Waals surface area (Å²) in [6.45, 7) is 20.3. The van der Waals surface area contributed by atoms with Gasteiger partial charge in [0.15, 0.2) is 39.9 Å². The van der Waals surface area contributed by atoms with E-state index in [2.05, 4.69) is 38.4 Å². The number of halogens is 4. The fraction of sp³-hybridized carbons (Fsp3) is 0.302. The van der Waals surface area contributed by atoms with Crippen molar-refractivity contribution in [3.05, 3.63) is 274 Å². The van der Waals surface area contributed by atoms with E-state index in [1.807, 2.05) is 191 Å². The maximum atomic E-state index is 13.2. The van der Waals surface area contributed by atoms with Gasteiger partial charge in [0.2, 0.25) is 0 Å². The second kappa shape index (κ2) is 34.5. The Morgan fingerprint density at radius 3 is 1.24 bits per heavy atom. The number of hydrogen-bond acceptors (Lipinski definition) is 13. The number of piperazine rings is 4. The number of carbonyl (C=O) groups excluding carboxylic acids is 4. The first-order chi connectivity index (χ1) is 52.3. The van der Waals surface area contributed by atoms with Gasteiger partial charge in [0.25, 0.3) is 23.6 Å². The Morgan fingerprint density at radius 1 is 0.407 bits per heavy atom. The summed E-state index contributed by atoms with van der Waals surface area (Å²) in [5.74, 6) is 1.46. The number of fused-ring (bicyclic) bond motifs is 4. The van der Waals surface area contributed by atoms with Gasteiger partial charge >= 0.3 is 0 Å². The number of ether oxygens (including phenoxy) is 2. The molecular weight excluding hydrogens is 1400 g/mol. The van der Waals surface area contributed by atoms with Crippen LogP contribution < -0.4 is 9.47 Å². The molecule has 22 heteroatoms. The zero-order valence-corrected chi connectivity index (χ0v) is 62.3. The molecule has 0 spiro atoms. The molecule has 8 heterocycles. The van der Waals surface area contributed by atoms with Crippen molar-refractivity contribution in [3.8, 4) is 11.5 Å². The number of aromatic amines is 1. The molecule has 0 bridgehead atoms. The third-order valence-electron chi connectivity index (χ3n) is 20.6. The molecule has 4 saturated heterocycles. The average Bonchev–Trinajstić information content (AvgIpc) is 1.54. The van der Waals surface area contributed by atoms with Crippen molar-refractivity contribution in [1.29, 1.82) is 0 Å². The Labute approximate surface area is 631 Å². The molecule has 1 N–H and O–H groups in total. The van der Waals surface area contributed by atoms with Gasteiger partial charge < -0.3 is 47.3 Å². The number of furan rings is 3. The first kappa shape index (κ1) is 75.6. The van der Waals surface area contributed by atoms with E-state index in [1.54, 1.807) is 26.4 Å². The molecule has 4 amide bonds. The number of H-pyrrole nitrogens is 1. The molecule has 0 unspecified atom stereocenters. The molecule has 4 aliphatic rings. The molecule has 12 aromatic rings. The van der Waals surface area contributed by atoms with Crippen LogP contribution >= 0.6 is 11.6 Å². The first-order valence-electron chi connectivity index (χ1n) is 36.6. The lowest BCUT2D eigenvalue weighted by Crippen LogP contribution is -2.57. The van der Waals surface area contributed by atoms with Gasteiger partial charge in [-0.1, -0.05) is 121 Å². The smallest absolute Gasteiger partial charge is 0.289 e. The topological polar surface area (TPSA) is 168 Å². The predicted molar refractivity (Wildman–Crippen MR) is 414 cm³/mol. The summed E-state index contributed by atoms with van der Waals surface area (Å²) in [5.41, 5.74) is 8.03. The Morgan fingerprint density at radius 2 is 0.796 bits per heavy atom. The predicted octanol–water partition coefficient (Wildman–Crippen LogP) is 15.9. The Bertz CT molecular complexity index is 4670. The summed E-state index contributed by atoms with van der Waals surface area (Å²) in [4.78, 5) is 71.7. The van der Waals surface area contributed by atoms with E-state index in [1.165, 1.54) is 42.0 Å². The van der Waals surface area contributed by atoms with E-state index < -0.39 is 0 Å². The number of rotatable bonds is 14. The largest absolute Gasteiger partial charge is 0.493 e. The highest BCUT2D eigenvalue weighted by Crippen LogP contribution is 2.33. The molecule has 4 aromatic heterocycles. The van der Waals surface area contributed by atoms with Gasteiger partial charge in [-0.3, -0.25) is 38.8 Å². The summed E-state index contributed by atoms with van der Waals surface area (Å²) < 4.78 is 67.4. The van der Waals surface area contributed by atoms with E-state index >= 15 is 0 Å². The highest BCUT2D eigenvalue weighted by Gasteiger charge is 2.36. The van der Waals surface area contributed by atoms with E-state index in [0.29, 0.717) is 84.9 Å². The van der Waals surface area contributed by atoms with Gasteiger partial charge in [-0.25, -0.2) is 13.2 Å². The van der Waals surface area contributed by atoms with Gasteiger partial charge in [0.05, 0.1) is 14.2 Å². The van der Waals surface area contributed by atoms with Crippen LogP contribution in [0.5, 0.6) is 11.5 Å². The van der Waals surface area contributed by atoms with Crippen LogP contribution in [0.4, 0.5) is 13.2 Å². The van der Waals surface area contributed by atoms with E-state index in [0.717, 1.165) is 120 Å². The van der Waals surface area contributed by atoms with Crippen LogP contribution in [0.1, 0.15) is 92.1 Å². The highest BCUT2D eigenvalue weighted by molar-refractivity contribution is 6.30. The minimum atomic E-state index is -0.229. The summed E-state index contributed by atoms with van der Waals surface area (Å²) in [7, 11) is 3.17. The Hall–Kier alpha value is -10.7. The van der Waals surface area contributed by atoms with Gasteiger partial charge in [-0.2, -0.15) is 0 Å². The zero-order chi connectivity index (χ0) is 75.5. The fourth-order valence-electron chi connectivity index (χ4n) is 14.5. The Kier molecular flexibility index (Phi) is 24.1. The van der Waals surface area contributed by atoms with Crippen molar-refractivity contribution >= 4 is 79.0 Å². The summed E-state index contributed by atoms with van der Waals surface area (Å²) in [5, 5.41) is 4.48. The van der Waals surface area contributed by atoms with Crippen LogP contribution in [0.2, 0.25) is 5.02 Å². The number of benzene rings is 8. The molecule has 18 nitrogen and oxygen atoms in total. The van der Waals surface area contributed by atoms with Crippen molar-refractivity contribution < 1.29 is 55.1 Å². The summed E-state index contributed by atoms with van der Waals surface area (Å²) in [6, 6.07) is 62.3. The van der Waals surface area contributed by atoms with Gasteiger partial charge in [-0.05, 0) is 147 Å². The number of para-hydroxylation sites is 4. The maximum absolute atomic E-state index is 13.2. The number of aromatic nitrogens is 1. The first-order valence-corrected chi connectivity index (χ1v) is 37.0. The molecule has 4 atom stereocenters. The molecule has 560 valence electrons. The molecule has 4 aliphatic heterocycles. The lowest BCUT2D eigenvalue weighted by molar-refractivity contribution is 0.0265. The highest BCUT2D eigenvalue weighted by atomic mass is 35.5. The molecule has 4 fully saturated rings. The molecular formula is C86H89ClF3N9O9. The van der Waals surface area contributed by atoms with E-state index in [4.69, 9.17) is 34.3 Å². The van der Waals surface area contributed by atoms with E-state index in [-0.39, 0.29) is 65.2 Å². The molecule has 8 aromatic carbocycles. The van der Waals surface area contributed by atoms with Crippen LogP contribution in [0, 0.1) is 17.5 Å². The van der Waals surface area contributed by atoms with Crippen molar-refractivity contribution in [2.75, 3.05) is 92.8 Å². The lowest BCUT2D eigenvalue weighted by Gasteiger charge is -2.43. The third-order valence-corrected chi connectivity index (χ3v) is 20.8. The second-order valence-corrected chi connectivity index (χ2v) is 28.6. The fourth-order valence-corrected chi connectivity index (χ4v) is 14.6. The van der Waals surface area contributed by atoms with Crippen molar-refractivity contribution in [2.24, 2.45) is 0 Å². The number of nitrogens with zero attached hydrogens (tertiary/aromatic N) is 8. The Balaban J connectivity index is 0.000000127. The molecule has 108 heavy (non-hydrogen) atoms. The quantitative estimate of drug-likeness (QED) is 0.109. The van der Waals surface area contributed by atoms with Gasteiger partial charge in [-0.15, -0.1) is 0 Å². The number of methoxy groups -OCH3 is 2. The number of amides is 4. The average molecular weight is 1490 g/mol. The summed E-state index contributed by atoms with van der Waals surface area (Å²) in [6.07, 6.45) is 0. The van der Waals surface area contributed by atoms with Crippen LogP contribution in [-0.4, -0.2) is 185 Å². The van der Waals surface area contributed by atoms with E-state index in [9.17, 15) is 32.3 Å². The van der Waals surface area contributed by atoms with Crippen LogP contribution in [0.3, 0.4) is 0 Å². The van der Waals surface area contributed by atoms with Crippen molar-refractivity contribution in [3.63, 3.8) is 0 Å². The number of hydrogen-bond donors (Lipinski definition) is 1. The standard InChI is InChI=1S/2C23H25FN2O3.C20H19ClN2O2.C20H20FN3O/c2*1-15-13-26(16(2)12-25(15)14-17-7-9-19(24)10-8-17)23(27)21-11-18-5-4-6-20(28-3)22(18)29-21;21-17-7-5-15(6-8-17)14-22-9-11-23(12-10-22)20(24)19-13-16-3-1-2-4-18(16)25-19;21-17-7-5-15(6-8-17)14-23-9-11-24(12-10-23)20(25)19-13-16-3-1-2-4-18(16)22-19/h2*4-11,15-16H,12-14H2,1-3H3;1-8,13H,9-12,14H2;1-8,13,22H,9-12,14H2/t15-,16+;15-,16-;;/m11../s1. The summed E-state index contributed by atoms with van der Waals surface area (Å²) >= 11 is 5.93. The minimum absolute atomic E-state index is 0.0256. The number of carbonyl (C=O) groups is 4. The van der Waals surface area contributed by atoms with Crippen LogP contribution in [0.15, 0.2) is 220 Å². The SMILES string of the molecule is COc1cccc2cc(C(=O)N3C[C@@H](C)N(Cc4ccc(F)cc4)C[C@@H]3C)oc12.COc1cccc2cc(C(=O)N3C[C@@H](C)N(Cc4ccc(F)cc4)C[C@H]3C)oc12.O=C(c1cc2ccccc2[nH]1)N1CCN(Cc2ccc(F)cc2)CC1.O=C(c1cc2ccccc2o1)N1CCN(Cc2ccc(Cl)cc2)CC1. The van der Waals surface area contributed by atoms with Gasteiger partial charge in [0, 0.05) is 161 Å². The maximum Gasteiger partial charge on any atom is 0.289 e. The molecule has 0 saturated carbocycles. The van der Waals surface area contributed by atoms with Gasteiger partial charge in [0.1, 0.15) is 28.7 Å². The van der Waals surface area contributed by atoms with Crippen molar-refractivity contribution in [2.45, 2.75) is 78.0 Å². The third kappa shape index (κ3) is 18.3. The zero-order valence-electron chi connectivity index (χ0n) is 61.5. The van der Waals surface area contributed by atoms with Crippen LogP contribution in [-0.2, 0) is 26.2 Å². The molecule has 16 rings (SSSR count). The minimum Gasteiger partial charge on any atom is -0.493 e. The van der Waals surface area contributed by atoms with Crippen LogP contribution in [0.25, 0.3) is 43.8 Å². The second-order valence-electron chi connectivity index (χ2n) is 28.2. The molecule has 0 aliphatic carbocycles. The van der Waals surface area contributed by atoms with Crippen molar-refractivity contribution in [1.82, 2.24) is 44.2 Å². The molecule has 0 radical (unpaired) electrons. The normalized spacial score (nSPS) is 18.1. The monoisotopic (exact) mass is 1480 g/mol.